The SMILES string of the molecule is Nc1ncc(-c2cccc(F)c2)c(C2CCCN(C(=O)Cc3c[nH]c4ccccc34)C2)n1. The summed E-state index contributed by atoms with van der Waals surface area (Å²) in [5, 5.41) is 1.08. The van der Waals surface area contributed by atoms with E-state index in [0.29, 0.717) is 25.1 Å². The smallest absolute Gasteiger partial charge is 0.227 e. The van der Waals surface area contributed by atoms with E-state index in [1.54, 1.807) is 12.3 Å². The van der Waals surface area contributed by atoms with Crippen LogP contribution in [0.1, 0.15) is 30.0 Å². The number of aromatic amines is 1. The number of fused-ring (bicyclic) bond motifs is 1. The van der Waals surface area contributed by atoms with E-state index in [2.05, 4.69) is 15.0 Å². The lowest BCUT2D eigenvalue weighted by Crippen LogP contribution is -2.40. The van der Waals surface area contributed by atoms with Crippen molar-refractivity contribution in [3.8, 4) is 11.1 Å². The number of carbonyl (C=O) groups excluding carboxylic acids is 1. The normalized spacial score (nSPS) is 16.4. The maximum absolute atomic E-state index is 13.8. The lowest BCUT2D eigenvalue weighted by molar-refractivity contribution is -0.131. The fourth-order valence-corrected chi connectivity index (χ4v) is 4.58. The highest BCUT2D eigenvalue weighted by atomic mass is 19.1. The van der Waals surface area contributed by atoms with Crippen LogP contribution < -0.4 is 5.73 Å². The Bertz CT molecular complexity index is 1280. The lowest BCUT2D eigenvalue weighted by atomic mass is 9.89. The number of nitrogens with one attached hydrogen (secondary N) is 1. The molecule has 0 aliphatic carbocycles. The Morgan fingerprint density at radius 1 is 1.22 bits per heavy atom. The summed E-state index contributed by atoms with van der Waals surface area (Å²) in [6.07, 6.45) is 5.67. The van der Waals surface area contributed by atoms with Crippen LogP contribution in [-0.2, 0) is 11.2 Å². The van der Waals surface area contributed by atoms with Crippen molar-refractivity contribution in [2.45, 2.75) is 25.2 Å². The molecular weight excluding hydrogens is 405 g/mol. The van der Waals surface area contributed by atoms with Gasteiger partial charge in [-0.05, 0) is 42.2 Å². The predicted octanol–water partition coefficient (Wildman–Crippen LogP) is 4.29. The van der Waals surface area contributed by atoms with Gasteiger partial charge in [0, 0.05) is 47.9 Å². The number of nitrogens with two attached hydrogens (primary N) is 1. The van der Waals surface area contributed by atoms with E-state index in [-0.39, 0.29) is 23.6 Å². The molecule has 6 nitrogen and oxygen atoms in total. The second kappa shape index (κ2) is 8.42. The molecule has 0 bridgehead atoms. The van der Waals surface area contributed by atoms with E-state index in [9.17, 15) is 9.18 Å². The van der Waals surface area contributed by atoms with E-state index < -0.39 is 0 Å². The first-order chi connectivity index (χ1) is 15.6. The molecule has 162 valence electrons. The van der Waals surface area contributed by atoms with Gasteiger partial charge in [-0.1, -0.05) is 30.3 Å². The maximum Gasteiger partial charge on any atom is 0.227 e. The second-order valence-corrected chi connectivity index (χ2v) is 8.25. The van der Waals surface area contributed by atoms with Crippen LogP contribution in [-0.4, -0.2) is 38.8 Å². The predicted molar refractivity (Wildman–Crippen MR) is 122 cm³/mol. The number of likely N-dealkylation sites (tertiary alicyclic amines) is 1. The number of H-pyrrole nitrogens is 1. The van der Waals surface area contributed by atoms with Crippen LogP contribution in [0.2, 0.25) is 0 Å². The molecule has 5 rings (SSSR count). The molecule has 0 spiro atoms. The quantitative estimate of drug-likeness (QED) is 0.506. The number of nitrogens with zero attached hydrogens (tertiary/aromatic N) is 3. The minimum absolute atomic E-state index is 0.0132. The summed E-state index contributed by atoms with van der Waals surface area (Å²) < 4.78 is 13.8. The summed E-state index contributed by atoms with van der Waals surface area (Å²) >= 11 is 0. The molecule has 1 saturated heterocycles. The first-order valence-electron chi connectivity index (χ1n) is 10.8. The largest absolute Gasteiger partial charge is 0.368 e. The molecular formula is C25H24FN5O. The topological polar surface area (TPSA) is 87.9 Å². The monoisotopic (exact) mass is 429 g/mol. The van der Waals surface area contributed by atoms with Crippen molar-refractivity contribution >= 4 is 22.8 Å². The number of hydrogen-bond acceptors (Lipinski definition) is 4. The maximum atomic E-state index is 13.8. The number of nitrogen functional groups attached to an aromatic ring is 1. The molecule has 32 heavy (non-hydrogen) atoms. The first-order valence-corrected chi connectivity index (χ1v) is 10.8. The average molecular weight is 429 g/mol. The third-order valence-corrected chi connectivity index (χ3v) is 6.15. The number of anilines is 1. The molecule has 4 aromatic rings. The van der Waals surface area contributed by atoms with Gasteiger partial charge < -0.3 is 15.6 Å². The number of hydrogen-bond donors (Lipinski definition) is 2. The van der Waals surface area contributed by atoms with Crippen molar-refractivity contribution in [3.63, 3.8) is 0 Å². The van der Waals surface area contributed by atoms with Crippen LogP contribution in [0.5, 0.6) is 0 Å². The molecule has 7 heteroatoms. The Kier molecular flexibility index (Phi) is 5.31. The molecule has 0 radical (unpaired) electrons. The fourth-order valence-electron chi connectivity index (χ4n) is 4.58. The summed E-state index contributed by atoms with van der Waals surface area (Å²) in [6, 6.07) is 14.4. The van der Waals surface area contributed by atoms with Crippen molar-refractivity contribution in [2.75, 3.05) is 18.8 Å². The number of carbonyl (C=O) groups is 1. The van der Waals surface area contributed by atoms with E-state index in [1.807, 2.05) is 41.4 Å². The number of aromatic nitrogens is 3. The van der Waals surface area contributed by atoms with Crippen LogP contribution in [0.3, 0.4) is 0 Å². The van der Waals surface area contributed by atoms with Gasteiger partial charge in [-0.3, -0.25) is 4.79 Å². The zero-order valence-corrected chi connectivity index (χ0v) is 17.6. The Morgan fingerprint density at radius 3 is 2.97 bits per heavy atom. The Hall–Kier alpha value is -3.74. The van der Waals surface area contributed by atoms with Crippen molar-refractivity contribution in [3.05, 3.63) is 78.0 Å². The van der Waals surface area contributed by atoms with E-state index >= 15 is 0 Å². The van der Waals surface area contributed by atoms with Crippen LogP contribution in [0.15, 0.2) is 60.9 Å². The van der Waals surface area contributed by atoms with E-state index in [1.165, 1.54) is 12.1 Å². The molecule has 1 amide bonds. The molecule has 1 atom stereocenters. The molecule has 1 unspecified atom stereocenters. The number of benzene rings is 2. The Labute approximate surface area is 185 Å². The van der Waals surface area contributed by atoms with Crippen molar-refractivity contribution in [2.24, 2.45) is 0 Å². The van der Waals surface area contributed by atoms with Gasteiger partial charge in [0.15, 0.2) is 0 Å². The minimum Gasteiger partial charge on any atom is -0.368 e. The fraction of sp³-hybridized carbons (Fsp3) is 0.240. The van der Waals surface area contributed by atoms with Crippen LogP contribution in [0.4, 0.5) is 10.3 Å². The summed E-state index contributed by atoms with van der Waals surface area (Å²) in [4.78, 5) is 26.9. The molecule has 2 aromatic heterocycles. The summed E-state index contributed by atoms with van der Waals surface area (Å²) in [7, 11) is 0. The zero-order valence-electron chi connectivity index (χ0n) is 17.6. The lowest BCUT2D eigenvalue weighted by Gasteiger charge is -2.33. The van der Waals surface area contributed by atoms with Gasteiger partial charge in [0.2, 0.25) is 11.9 Å². The number of amides is 1. The standard InChI is InChI=1S/C25H24FN5O/c26-19-7-3-5-16(11-19)21-14-29-25(27)30-24(21)17-6-4-10-31(15-17)23(32)12-18-13-28-22-9-2-1-8-20(18)22/h1-3,5,7-9,11,13-14,17,28H,4,6,10,12,15H2,(H2,27,29,30). The van der Waals surface area contributed by atoms with Crippen molar-refractivity contribution < 1.29 is 9.18 Å². The zero-order chi connectivity index (χ0) is 22.1. The number of halogens is 1. The molecule has 1 aliphatic rings. The number of piperidine rings is 1. The van der Waals surface area contributed by atoms with Crippen LogP contribution >= 0.6 is 0 Å². The van der Waals surface area contributed by atoms with Gasteiger partial charge in [0.1, 0.15) is 5.82 Å². The third-order valence-electron chi connectivity index (χ3n) is 6.15. The van der Waals surface area contributed by atoms with Gasteiger partial charge >= 0.3 is 0 Å². The molecule has 2 aromatic carbocycles. The summed E-state index contributed by atoms with van der Waals surface area (Å²) in [5.41, 5.74) is 10.2. The van der Waals surface area contributed by atoms with E-state index in [0.717, 1.165) is 40.6 Å². The van der Waals surface area contributed by atoms with Crippen molar-refractivity contribution in [1.29, 1.82) is 0 Å². The van der Waals surface area contributed by atoms with Crippen LogP contribution in [0, 0.1) is 5.82 Å². The summed E-state index contributed by atoms with van der Waals surface area (Å²) in [5.74, 6) is -0.0279. The minimum atomic E-state index is -0.315. The molecule has 3 heterocycles. The van der Waals surface area contributed by atoms with Crippen molar-refractivity contribution in [1.82, 2.24) is 19.9 Å². The molecule has 1 fully saturated rings. The highest BCUT2D eigenvalue weighted by Gasteiger charge is 2.28. The van der Waals surface area contributed by atoms with Gasteiger partial charge in [-0.15, -0.1) is 0 Å². The van der Waals surface area contributed by atoms with Gasteiger partial charge in [-0.25, -0.2) is 14.4 Å². The molecule has 0 saturated carbocycles. The Morgan fingerprint density at radius 2 is 2.09 bits per heavy atom. The molecule has 1 aliphatic heterocycles. The number of rotatable bonds is 4. The van der Waals surface area contributed by atoms with Gasteiger partial charge in [0.05, 0.1) is 12.1 Å². The van der Waals surface area contributed by atoms with Gasteiger partial charge in [0.25, 0.3) is 0 Å². The third kappa shape index (κ3) is 3.93. The first kappa shape index (κ1) is 20.2. The highest BCUT2D eigenvalue weighted by molar-refractivity contribution is 5.89. The summed E-state index contributed by atoms with van der Waals surface area (Å²) in [6.45, 7) is 1.27. The van der Waals surface area contributed by atoms with Gasteiger partial charge in [-0.2, -0.15) is 0 Å². The Balaban J connectivity index is 1.39. The average Bonchev–Trinajstić information content (AvgIpc) is 3.22. The second-order valence-electron chi connectivity index (χ2n) is 8.25. The number of para-hydroxylation sites is 1. The molecule has 3 N–H and O–H groups in total. The highest BCUT2D eigenvalue weighted by Crippen LogP contribution is 2.34. The van der Waals surface area contributed by atoms with E-state index in [4.69, 9.17) is 5.73 Å². The van der Waals surface area contributed by atoms with Crippen LogP contribution in [0.25, 0.3) is 22.0 Å².